The zero-order chi connectivity index (χ0) is 16.3. The quantitative estimate of drug-likeness (QED) is 0.837. The van der Waals surface area contributed by atoms with Crippen molar-refractivity contribution in [1.82, 2.24) is 0 Å². The molecule has 0 saturated heterocycles. The van der Waals surface area contributed by atoms with Crippen molar-refractivity contribution in [3.8, 4) is 5.75 Å². The van der Waals surface area contributed by atoms with Gasteiger partial charge in [0.2, 0.25) is 0 Å². The molecule has 4 nitrogen and oxygen atoms in total. The number of nitrogens with one attached hydrogen (secondary N) is 1. The summed E-state index contributed by atoms with van der Waals surface area (Å²) in [5.74, 6) is 0.291. The Labute approximate surface area is 135 Å². The van der Waals surface area contributed by atoms with Crippen LogP contribution >= 0.6 is 11.6 Å². The lowest BCUT2D eigenvalue weighted by Gasteiger charge is -2.25. The molecule has 5 heteroatoms. The SMILES string of the molecule is Cc1ccc(NC(=O)C(C)(C)Oc2ccc(Cl)cc2)c(N)c1. The van der Waals surface area contributed by atoms with Crippen LogP contribution in [0.3, 0.4) is 0 Å². The van der Waals surface area contributed by atoms with Crippen LogP contribution in [0.2, 0.25) is 5.02 Å². The number of halogens is 1. The van der Waals surface area contributed by atoms with Crippen LogP contribution in [0.4, 0.5) is 11.4 Å². The lowest BCUT2D eigenvalue weighted by atomic mass is 10.1. The van der Waals surface area contributed by atoms with Gasteiger partial charge in [-0.3, -0.25) is 4.79 Å². The van der Waals surface area contributed by atoms with Gasteiger partial charge in [0.15, 0.2) is 5.60 Å². The Morgan fingerprint density at radius 3 is 2.41 bits per heavy atom. The predicted molar refractivity (Wildman–Crippen MR) is 90.4 cm³/mol. The summed E-state index contributed by atoms with van der Waals surface area (Å²) in [6, 6.07) is 12.3. The highest BCUT2D eigenvalue weighted by molar-refractivity contribution is 6.30. The summed E-state index contributed by atoms with van der Waals surface area (Å²) in [5.41, 5.74) is 6.99. The number of carbonyl (C=O) groups excluding carboxylic acids is 1. The topological polar surface area (TPSA) is 64.3 Å². The summed E-state index contributed by atoms with van der Waals surface area (Å²) in [5, 5.41) is 3.41. The third-order valence-corrected chi connectivity index (χ3v) is 3.44. The van der Waals surface area contributed by atoms with Gasteiger partial charge in [-0.25, -0.2) is 0 Å². The fraction of sp³-hybridized carbons (Fsp3) is 0.235. The van der Waals surface area contributed by atoms with Crippen molar-refractivity contribution in [2.45, 2.75) is 26.4 Å². The molecule has 0 fully saturated rings. The minimum absolute atomic E-state index is 0.280. The van der Waals surface area contributed by atoms with Crippen LogP contribution in [0, 0.1) is 6.92 Å². The van der Waals surface area contributed by atoms with Gasteiger partial charge in [-0.05, 0) is 62.7 Å². The van der Waals surface area contributed by atoms with Gasteiger partial charge < -0.3 is 15.8 Å². The molecule has 2 aromatic carbocycles. The molecule has 0 bridgehead atoms. The molecule has 2 rings (SSSR count). The van der Waals surface area contributed by atoms with Crippen molar-refractivity contribution in [3.63, 3.8) is 0 Å². The molecule has 0 radical (unpaired) electrons. The van der Waals surface area contributed by atoms with E-state index in [1.807, 2.05) is 19.1 Å². The molecule has 0 saturated carbocycles. The molecule has 0 aliphatic carbocycles. The van der Waals surface area contributed by atoms with E-state index in [1.165, 1.54) is 0 Å². The van der Waals surface area contributed by atoms with Crippen LogP contribution < -0.4 is 15.8 Å². The highest BCUT2D eigenvalue weighted by atomic mass is 35.5. The van der Waals surface area contributed by atoms with E-state index in [2.05, 4.69) is 5.32 Å². The summed E-state index contributed by atoms with van der Waals surface area (Å²) in [7, 11) is 0. The van der Waals surface area contributed by atoms with Crippen molar-refractivity contribution in [1.29, 1.82) is 0 Å². The minimum Gasteiger partial charge on any atom is -0.478 e. The standard InChI is InChI=1S/C17H19ClN2O2/c1-11-4-9-15(14(19)10-11)20-16(21)17(2,3)22-13-7-5-12(18)6-8-13/h4-10H,19H2,1-3H3,(H,20,21). The lowest BCUT2D eigenvalue weighted by molar-refractivity contribution is -0.128. The first-order chi connectivity index (χ1) is 10.3. The molecule has 1 amide bonds. The summed E-state index contributed by atoms with van der Waals surface area (Å²) in [4.78, 5) is 12.4. The van der Waals surface area contributed by atoms with Crippen LogP contribution in [-0.2, 0) is 4.79 Å². The van der Waals surface area contributed by atoms with E-state index in [1.54, 1.807) is 44.2 Å². The number of rotatable bonds is 4. The fourth-order valence-corrected chi connectivity index (χ4v) is 2.04. The van der Waals surface area contributed by atoms with Gasteiger partial charge in [0.1, 0.15) is 5.75 Å². The first kappa shape index (κ1) is 16.2. The number of ether oxygens (including phenoxy) is 1. The first-order valence-electron chi connectivity index (χ1n) is 6.90. The summed E-state index contributed by atoms with van der Waals surface area (Å²) >= 11 is 5.83. The molecule has 0 aromatic heterocycles. The van der Waals surface area contributed by atoms with Crippen molar-refractivity contribution in [3.05, 3.63) is 53.1 Å². The normalized spacial score (nSPS) is 11.1. The van der Waals surface area contributed by atoms with Crippen LogP contribution in [-0.4, -0.2) is 11.5 Å². The Morgan fingerprint density at radius 1 is 1.18 bits per heavy atom. The van der Waals surface area contributed by atoms with Crippen LogP contribution in [0.1, 0.15) is 19.4 Å². The Kier molecular flexibility index (Phi) is 4.62. The van der Waals surface area contributed by atoms with E-state index in [4.69, 9.17) is 22.1 Å². The average molecular weight is 319 g/mol. The van der Waals surface area contributed by atoms with E-state index >= 15 is 0 Å². The molecule has 116 valence electrons. The number of hydrogen-bond acceptors (Lipinski definition) is 3. The Bertz CT molecular complexity index is 682. The van der Waals surface area contributed by atoms with Gasteiger partial charge in [0.05, 0.1) is 11.4 Å². The van der Waals surface area contributed by atoms with Crippen molar-refractivity contribution in [2.75, 3.05) is 11.1 Å². The Balaban J connectivity index is 2.11. The van der Waals surface area contributed by atoms with Gasteiger partial charge in [-0.1, -0.05) is 17.7 Å². The molecule has 0 atom stereocenters. The number of aryl methyl sites for hydroxylation is 1. The molecule has 0 aliphatic heterocycles. The average Bonchev–Trinajstić information content (AvgIpc) is 2.44. The van der Waals surface area contributed by atoms with Crippen LogP contribution in [0.25, 0.3) is 0 Å². The second-order valence-corrected chi connectivity index (χ2v) is 6.05. The van der Waals surface area contributed by atoms with Gasteiger partial charge in [0, 0.05) is 5.02 Å². The Morgan fingerprint density at radius 2 is 1.82 bits per heavy atom. The van der Waals surface area contributed by atoms with Crippen molar-refractivity contribution < 1.29 is 9.53 Å². The molecular formula is C17H19ClN2O2. The molecule has 0 spiro atoms. The van der Waals surface area contributed by atoms with Crippen molar-refractivity contribution >= 4 is 28.9 Å². The van der Waals surface area contributed by atoms with Gasteiger partial charge in [-0.2, -0.15) is 0 Å². The van der Waals surface area contributed by atoms with Gasteiger partial charge in [0.25, 0.3) is 5.91 Å². The van der Waals surface area contributed by atoms with E-state index in [0.29, 0.717) is 22.1 Å². The largest absolute Gasteiger partial charge is 0.478 e. The van der Waals surface area contributed by atoms with Gasteiger partial charge in [-0.15, -0.1) is 0 Å². The maximum absolute atomic E-state index is 12.4. The van der Waals surface area contributed by atoms with Crippen LogP contribution in [0.15, 0.2) is 42.5 Å². The highest BCUT2D eigenvalue weighted by Gasteiger charge is 2.30. The Hall–Kier alpha value is -2.20. The third kappa shape index (κ3) is 3.92. The number of hydrogen-bond donors (Lipinski definition) is 2. The molecule has 0 aliphatic rings. The van der Waals surface area contributed by atoms with E-state index in [9.17, 15) is 4.79 Å². The summed E-state index contributed by atoms with van der Waals surface area (Å²) < 4.78 is 5.74. The third-order valence-electron chi connectivity index (χ3n) is 3.19. The van der Waals surface area contributed by atoms with E-state index in [0.717, 1.165) is 5.56 Å². The predicted octanol–water partition coefficient (Wildman–Crippen LogP) is 4.03. The van der Waals surface area contributed by atoms with E-state index in [-0.39, 0.29) is 5.91 Å². The van der Waals surface area contributed by atoms with E-state index < -0.39 is 5.60 Å². The lowest BCUT2D eigenvalue weighted by Crippen LogP contribution is -2.42. The van der Waals surface area contributed by atoms with Crippen LogP contribution in [0.5, 0.6) is 5.75 Å². The summed E-state index contributed by atoms with van der Waals surface area (Å²) in [6.07, 6.45) is 0. The maximum atomic E-state index is 12.4. The zero-order valence-electron chi connectivity index (χ0n) is 12.8. The molecule has 0 unspecified atom stereocenters. The molecule has 3 N–H and O–H groups in total. The second-order valence-electron chi connectivity index (χ2n) is 5.61. The number of carbonyl (C=O) groups is 1. The number of benzene rings is 2. The highest BCUT2D eigenvalue weighted by Crippen LogP contribution is 2.24. The maximum Gasteiger partial charge on any atom is 0.268 e. The first-order valence-corrected chi connectivity index (χ1v) is 7.28. The number of nitrogen functional groups attached to an aromatic ring is 1. The second kappa shape index (κ2) is 6.28. The molecule has 0 heterocycles. The van der Waals surface area contributed by atoms with Gasteiger partial charge >= 0.3 is 0 Å². The van der Waals surface area contributed by atoms with Crippen molar-refractivity contribution in [2.24, 2.45) is 0 Å². The zero-order valence-corrected chi connectivity index (χ0v) is 13.6. The number of anilines is 2. The number of amides is 1. The molecular weight excluding hydrogens is 300 g/mol. The smallest absolute Gasteiger partial charge is 0.268 e. The summed E-state index contributed by atoms with van der Waals surface area (Å²) in [6.45, 7) is 5.33. The molecule has 22 heavy (non-hydrogen) atoms. The fourth-order valence-electron chi connectivity index (χ4n) is 1.91. The minimum atomic E-state index is -1.05. The monoisotopic (exact) mass is 318 g/mol. The number of nitrogens with two attached hydrogens (primary N) is 1. The molecule has 2 aromatic rings.